The predicted molar refractivity (Wildman–Crippen MR) is 90.3 cm³/mol. The summed E-state index contributed by atoms with van der Waals surface area (Å²) in [4.78, 5) is 0. The number of aliphatic hydroxyl groups excluding tert-OH is 3. The summed E-state index contributed by atoms with van der Waals surface area (Å²) < 4.78 is 10.9. The third kappa shape index (κ3) is 8.27. The Labute approximate surface area is 140 Å². The topological polar surface area (TPSA) is 79.2 Å². The fourth-order valence-corrected chi connectivity index (χ4v) is 2.73. The first-order valence-electron chi connectivity index (χ1n) is 9.05. The van der Waals surface area contributed by atoms with E-state index < -0.39 is 24.4 Å². The van der Waals surface area contributed by atoms with Crippen LogP contribution in [0.1, 0.15) is 58.3 Å². The van der Waals surface area contributed by atoms with Crippen molar-refractivity contribution in [3.8, 4) is 0 Å². The summed E-state index contributed by atoms with van der Waals surface area (Å²) in [5.41, 5.74) is 0. The van der Waals surface area contributed by atoms with Gasteiger partial charge in [0.25, 0.3) is 0 Å². The molecule has 136 valence electrons. The van der Waals surface area contributed by atoms with E-state index in [0.717, 1.165) is 25.7 Å². The third-order valence-electron chi connectivity index (χ3n) is 4.22. The van der Waals surface area contributed by atoms with Crippen molar-refractivity contribution >= 4 is 0 Å². The lowest BCUT2D eigenvalue weighted by Crippen LogP contribution is -2.42. The molecule has 1 aliphatic heterocycles. The molecule has 1 fully saturated rings. The van der Waals surface area contributed by atoms with Crippen molar-refractivity contribution in [1.29, 1.82) is 0 Å². The van der Waals surface area contributed by atoms with Gasteiger partial charge in [0.1, 0.15) is 24.4 Å². The highest BCUT2D eigenvalue weighted by Gasteiger charge is 2.40. The van der Waals surface area contributed by atoms with Gasteiger partial charge in [-0.05, 0) is 32.1 Å². The molecule has 1 rings (SSSR count). The fourth-order valence-electron chi connectivity index (χ4n) is 2.73. The number of hydrogen-bond acceptors (Lipinski definition) is 5. The Kier molecular flexibility index (Phi) is 11.5. The second-order valence-corrected chi connectivity index (χ2v) is 6.26. The maximum Gasteiger partial charge on any atom is 0.114 e. The lowest BCUT2D eigenvalue weighted by Gasteiger charge is -2.24. The lowest BCUT2D eigenvalue weighted by molar-refractivity contribution is -0.101. The minimum atomic E-state index is -0.981. The van der Waals surface area contributed by atoms with Gasteiger partial charge in [-0.15, -0.1) is 0 Å². The van der Waals surface area contributed by atoms with Crippen LogP contribution in [0.15, 0.2) is 12.2 Å². The Balaban J connectivity index is 2.01. The summed E-state index contributed by atoms with van der Waals surface area (Å²) >= 11 is 0. The summed E-state index contributed by atoms with van der Waals surface area (Å²) in [6.07, 6.45) is 10.8. The van der Waals surface area contributed by atoms with Crippen LogP contribution in [0.3, 0.4) is 0 Å². The number of rotatable bonds is 13. The third-order valence-corrected chi connectivity index (χ3v) is 4.22. The molecule has 0 radical (unpaired) electrons. The van der Waals surface area contributed by atoms with E-state index in [2.05, 4.69) is 19.1 Å². The average molecular weight is 330 g/mol. The molecule has 23 heavy (non-hydrogen) atoms. The molecular weight excluding hydrogens is 296 g/mol. The lowest BCUT2D eigenvalue weighted by atomic mass is 10.1. The van der Waals surface area contributed by atoms with E-state index in [-0.39, 0.29) is 13.2 Å². The highest BCUT2D eigenvalue weighted by molar-refractivity contribution is 4.88. The van der Waals surface area contributed by atoms with Gasteiger partial charge in [-0.3, -0.25) is 0 Å². The van der Waals surface area contributed by atoms with Gasteiger partial charge in [-0.1, -0.05) is 38.3 Å². The van der Waals surface area contributed by atoms with Crippen molar-refractivity contribution in [3.63, 3.8) is 0 Å². The molecule has 4 atom stereocenters. The van der Waals surface area contributed by atoms with Crippen LogP contribution in [0.4, 0.5) is 0 Å². The quantitative estimate of drug-likeness (QED) is 0.356. The molecule has 0 saturated carbocycles. The van der Waals surface area contributed by atoms with Gasteiger partial charge < -0.3 is 24.8 Å². The van der Waals surface area contributed by atoms with Crippen LogP contribution in [0.25, 0.3) is 0 Å². The van der Waals surface area contributed by atoms with Crippen LogP contribution < -0.4 is 0 Å². The number of hydrogen-bond donors (Lipinski definition) is 3. The van der Waals surface area contributed by atoms with E-state index >= 15 is 0 Å². The SMILES string of the molecule is CCCCC/C=C/CCCCCO[C@H](CO)[C@@H]1OC[C@H](O)[C@@H]1O. The second-order valence-electron chi connectivity index (χ2n) is 6.26. The van der Waals surface area contributed by atoms with Crippen LogP contribution in [-0.4, -0.2) is 59.6 Å². The van der Waals surface area contributed by atoms with E-state index in [9.17, 15) is 15.3 Å². The Morgan fingerprint density at radius 3 is 2.35 bits per heavy atom. The minimum absolute atomic E-state index is 0.0935. The van der Waals surface area contributed by atoms with Crippen molar-refractivity contribution in [1.82, 2.24) is 0 Å². The zero-order chi connectivity index (χ0) is 16.9. The van der Waals surface area contributed by atoms with Crippen LogP contribution in [-0.2, 0) is 9.47 Å². The van der Waals surface area contributed by atoms with Crippen LogP contribution >= 0.6 is 0 Å². The van der Waals surface area contributed by atoms with Crippen LogP contribution in [0.5, 0.6) is 0 Å². The van der Waals surface area contributed by atoms with Gasteiger partial charge in [0, 0.05) is 6.61 Å². The molecule has 0 bridgehead atoms. The molecule has 0 amide bonds. The second kappa shape index (κ2) is 12.9. The van der Waals surface area contributed by atoms with E-state index in [1.54, 1.807) is 0 Å². The number of aliphatic hydroxyl groups is 3. The Morgan fingerprint density at radius 2 is 1.78 bits per heavy atom. The summed E-state index contributed by atoms with van der Waals surface area (Å²) in [7, 11) is 0. The van der Waals surface area contributed by atoms with Crippen molar-refractivity contribution in [2.24, 2.45) is 0 Å². The highest BCUT2D eigenvalue weighted by atomic mass is 16.6. The Hall–Kier alpha value is -0.460. The van der Waals surface area contributed by atoms with Crippen molar-refractivity contribution in [2.75, 3.05) is 19.8 Å². The molecular formula is C18H34O5. The summed E-state index contributed by atoms with van der Waals surface area (Å²) in [5.74, 6) is 0. The molecule has 5 nitrogen and oxygen atoms in total. The predicted octanol–water partition coefficient (Wildman–Crippen LogP) is 2.18. The maximum absolute atomic E-state index is 9.76. The van der Waals surface area contributed by atoms with E-state index in [0.29, 0.717) is 6.61 Å². The van der Waals surface area contributed by atoms with Crippen LogP contribution in [0, 0.1) is 0 Å². The first-order chi connectivity index (χ1) is 11.2. The van der Waals surface area contributed by atoms with E-state index in [4.69, 9.17) is 9.47 Å². The zero-order valence-electron chi connectivity index (χ0n) is 14.4. The minimum Gasteiger partial charge on any atom is -0.394 e. The number of allylic oxidation sites excluding steroid dienone is 2. The fraction of sp³-hybridized carbons (Fsp3) is 0.889. The molecule has 5 heteroatoms. The maximum atomic E-state index is 9.76. The van der Waals surface area contributed by atoms with Gasteiger partial charge in [0.15, 0.2) is 0 Å². The van der Waals surface area contributed by atoms with Crippen molar-refractivity contribution in [2.45, 2.75) is 82.7 Å². The molecule has 1 heterocycles. The largest absolute Gasteiger partial charge is 0.394 e. The molecule has 0 aromatic carbocycles. The molecule has 0 aromatic rings. The van der Waals surface area contributed by atoms with E-state index in [1.165, 1.54) is 25.7 Å². The first-order valence-corrected chi connectivity index (χ1v) is 9.05. The molecule has 0 aromatic heterocycles. The smallest absolute Gasteiger partial charge is 0.114 e. The Bertz CT molecular complexity index is 308. The molecule has 0 spiro atoms. The molecule has 1 saturated heterocycles. The monoisotopic (exact) mass is 330 g/mol. The standard InChI is InChI=1S/C18H34O5/c1-2-3-4-5-6-7-8-9-10-11-12-22-16(13-19)18-17(21)15(20)14-23-18/h6-7,15-21H,2-5,8-14H2,1H3/b7-6+/t15-,16+,17-,18-/m0/s1. The van der Waals surface area contributed by atoms with E-state index in [1.807, 2.05) is 0 Å². The van der Waals surface area contributed by atoms with Gasteiger partial charge in [0.2, 0.25) is 0 Å². The van der Waals surface area contributed by atoms with Crippen molar-refractivity contribution < 1.29 is 24.8 Å². The summed E-state index contributed by atoms with van der Waals surface area (Å²) in [6, 6.07) is 0. The van der Waals surface area contributed by atoms with Gasteiger partial charge >= 0.3 is 0 Å². The van der Waals surface area contributed by atoms with Crippen molar-refractivity contribution in [3.05, 3.63) is 12.2 Å². The summed E-state index contributed by atoms with van der Waals surface area (Å²) in [5, 5.41) is 28.6. The Morgan fingerprint density at radius 1 is 1.09 bits per heavy atom. The summed E-state index contributed by atoms with van der Waals surface area (Å²) in [6.45, 7) is 2.63. The highest BCUT2D eigenvalue weighted by Crippen LogP contribution is 2.19. The molecule has 1 aliphatic rings. The van der Waals surface area contributed by atoms with Gasteiger partial charge in [-0.25, -0.2) is 0 Å². The van der Waals surface area contributed by atoms with Gasteiger partial charge in [-0.2, -0.15) is 0 Å². The molecule has 3 N–H and O–H groups in total. The molecule has 0 aliphatic carbocycles. The first kappa shape index (κ1) is 20.6. The average Bonchev–Trinajstić information content (AvgIpc) is 2.88. The van der Waals surface area contributed by atoms with Gasteiger partial charge in [0.05, 0.1) is 13.2 Å². The molecule has 0 unspecified atom stereocenters. The normalized spacial score (nSPS) is 26.2. The zero-order valence-corrected chi connectivity index (χ0v) is 14.4. The number of ether oxygens (including phenoxy) is 2. The number of unbranched alkanes of at least 4 members (excludes halogenated alkanes) is 6. The van der Waals surface area contributed by atoms with Crippen LogP contribution in [0.2, 0.25) is 0 Å².